The van der Waals surface area contributed by atoms with Crippen LogP contribution in [0.3, 0.4) is 0 Å². The number of carbonyl (C=O) groups is 2. The van der Waals surface area contributed by atoms with E-state index in [2.05, 4.69) is 20.9 Å². The first-order valence-electron chi connectivity index (χ1n) is 14.7. The Balaban J connectivity index is 1.20. The van der Waals surface area contributed by atoms with E-state index in [4.69, 9.17) is 14.2 Å². The standard InChI is InChI=1S/C33H31F5N4O5/c1-45-29-16-24-26(17-30(29)46-18-19-4-8-39-9-5-19)40-11-7-27(24)47-28-3-2-23(15-25(28)35)42-32(44)31(43)41-10-6-20-12-21(33(36,37)38)14-22(34)13-20/h2-3,7,11-17,19,39H,4-6,8-10,18H2,1H3,(H,41,43)(H,42,44). The van der Waals surface area contributed by atoms with Gasteiger partial charge < -0.3 is 30.2 Å². The number of aromatic nitrogens is 1. The van der Waals surface area contributed by atoms with E-state index in [-0.39, 0.29) is 35.7 Å². The van der Waals surface area contributed by atoms with Crippen molar-refractivity contribution in [2.75, 3.05) is 38.7 Å². The maximum absolute atomic E-state index is 15.1. The van der Waals surface area contributed by atoms with Crippen molar-refractivity contribution in [3.8, 4) is 23.0 Å². The number of hydrogen-bond donors (Lipinski definition) is 3. The van der Waals surface area contributed by atoms with Crippen molar-refractivity contribution in [1.82, 2.24) is 15.6 Å². The van der Waals surface area contributed by atoms with Gasteiger partial charge in [-0.2, -0.15) is 13.2 Å². The van der Waals surface area contributed by atoms with E-state index in [1.54, 1.807) is 18.2 Å². The Hall–Kier alpha value is -4.98. The van der Waals surface area contributed by atoms with Gasteiger partial charge in [0.25, 0.3) is 0 Å². The van der Waals surface area contributed by atoms with Crippen molar-refractivity contribution in [2.45, 2.75) is 25.4 Å². The smallest absolute Gasteiger partial charge is 0.416 e. The molecular weight excluding hydrogens is 627 g/mol. The Labute approximate surface area is 266 Å². The summed E-state index contributed by atoms with van der Waals surface area (Å²) in [5.41, 5.74) is -0.689. The van der Waals surface area contributed by atoms with Gasteiger partial charge in [-0.25, -0.2) is 8.78 Å². The van der Waals surface area contributed by atoms with Gasteiger partial charge in [0.1, 0.15) is 11.6 Å². The molecule has 0 spiro atoms. The average molecular weight is 659 g/mol. The molecule has 0 aliphatic carbocycles. The number of pyridine rings is 1. The lowest BCUT2D eigenvalue weighted by Crippen LogP contribution is -2.36. The zero-order chi connectivity index (χ0) is 33.6. The number of ether oxygens (including phenoxy) is 3. The van der Waals surface area contributed by atoms with E-state index in [0.717, 1.165) is 44.1 Å². The second-order valence-corrected chi connectivity index (χ2v) is 10.9. The maximum Gasteiger partial charge on any atom is 0.416 e. The minimum atomic E-state index is -4.74. The van der Waals surface area contributed by atoms with Crippen LogP contribution in [0.4, 0.5) is 27.6 Å². The number of fused-ring (bicyclic) bond motifs is 1. The summed E-state index contributed by atoms with van der Waals surface area (Å²) in [5.74, 6) is -2.64. The maximum atomic E-state index is 15.1. The third-order valence-electron chi connectivity index (χ3n) is 7.52. The molecule has 47 heavy (non-hydrogen) atoms. The first kappa shape index (κ1) is 33.4. The third kappa shape index (κ3) is 8.64. The van der Waals surface area contributed by atoms with E-state index in [1.165, 1.54) is 25.4 Å². The van der Waals surface area contributed by atoms with Crippen LogP contribution < -0.4 is 30.2 Å². The minimum absolute atomic E-state index is 0.0162. The SMILES string of the molecule is COc1cc2c(Oc3ccc(NC(=O)C(=O)NCCc4cc(F)cc(C(F)(F)F)c4)cc3F)ccnc2cc1OCC1CCNCC1. The van der Waals surface area contributed by atoms with Crippen LogP contribution in [0.2, 0.25) is 0 Å². The van der Waals surface area contributed by atoms with E-state index in [0.29, 0.717) is 41.0 Å². The van der Waals surface area contributed by atoms with E-state index >= 15 is 4.39 Å². The zero-order valence-electron chi connectivity index (χ0n) is 25.2. The number of alkyl halides is 3. The predicted octanol–water partition coefficient (Wildman–Crippen LogP) is 6.01. The molecule has 0 unspecified atom stereocenters. The highest BCUT2D eigenvalue weighted by Crippen LogP contribution is 2.38. The highest BCUT2D eigenvalue weighted by molar-refractivity contribution is 6.39. The second-order valence-electron chi connectivity index (χ2n) is 10.9. The molecule has 9 nitrogen and oxygen atoms in total. The van der Waals surface area contributed by atoms with Crippen LogP contribution >= 0.6 is 0 Å². The van der Waals surface area contributed by atoms with Gasteiger partial charge in [0, 0.05) is 35.9 Å². The summed E-state index contributed by atoms with van der Waals surface area (Å²) in [4.78, 5) is 28.9. The Bertz CT molecular complexity index is 1760. The molecule has 2 amide bonds. The van der Waals surface area contributed by atoms with Crippen molar-refractivity contribution in [3.05, 3.63) is 83.6 Å². The molecule has 0 radical (unpaired) electrons. The Morgan fingerprint density at radius 3 is 2.45 bits per heavy atom. The van der Waals surface area contributed by atoms with E-state index in [1.807, 2.05) is 0 Å². The lowest BCUT2D eigenvalue weighted by atomic mass is 9.99. The van der Waals surface area contributed by atoms with Crippen LogP contribution in [0.1, 0.15) is 24.0 Å². The van der Waals surface area contributed by atoms with E-state index < -0.39 is 35.2 Å². The Morgan fingerprint density at radius 2 is 1.72 bits per heavy atom. The lowest BCUT2D eigenvalue weighted by Gasteiger charge is -2.23. The molecule has 3 aromatic carbocycles. The number of hydrogen-bond acceptors (Lipinski definition) is 7. The van der Waals surface area contributed by atoms with Crippen molar-refractivity contribution < 1.29 is 45.8 Å². The summed E-state index contributed by atoms with van der Waals surface area (Å²) in [7, 11) is 1.51. The highest BCUT2D eigenvalue weighted by Gasteiger charge is 2.31. The lowest BCUT2D eigenvalue weighted by molar-refractivity contribution is -0.137. The largest absolute Gasteiger partial charge is 0.493 e. The van der Waals surface area contributed by atoms with Crippen molar-refractivity contribution >= 4 is 28.4 Å². The summed E-state index contributed by atoms with van der Waals surface area (Å²) in [6, 6.07) is 10.6. The molecule has 4 aromatic rings. The number of amides is 2. The monoisotopic (exact) mass is 658 g/mol. The first-order valence-corrected chi connectivity index (χ1v) is 14.7. The molecule has 248 valence electrons. The fourth-order valence-corrected chi connectivity index (χ4v) is 5.07. The van der Waals surface area contributed by atoms with Gasteiger partial charge in [0.05, 0.1) is 24.8 Å². The van der Waals surface area contributed by atoms with Gasteiger partial charge in [-0.3, -0.25) is 14.6 Å². The van der Waals surface area contributed by atoms with Gasteiger partial charge in [-0.15, -0.1) is 0 Å². The highest BCUT2D eigenvalue weighted by atomic mass is 19.4. The zero-order valence-corrected chi connectivity index (χ0v) is 25.2. The van der Waals surface area contributed by atoms with Crippen LogP contribution in [-0.2, 0) is 22.2 Å². The Morgan fingerprint density at radius 1 is 0.936 bits per heavy atom. The number of anilines is 1. The number of methoxy groups -OCH3 is 1. The van der Waals surface area contributed by atoms with Crippen molar-refractivity contribution in [3.63, 3.8) is 0 Å². The molecule has 1 aliphatic heterocycles. The van der Waals surface area contributed by atoms with Gasteiger partial charge in [-0.05, 0) is 86.3 Å². The quantitative estimate of drug-likeness (QED) is 0.142. The predicted molar refractivity (Wildman–Crippen MR) is 163 cm³/mol. The first-order chi connectivity index (χ1) is 22.5. The summed E-state index contributed by atoms with van der Waals surface area (Å²) in [6.45, 7) is 2.19. The average Bonchev–Trinajstić information content (AvgIpc) is 3.04. The molecule has 0 atom stereocenters. The van der Waals surface area contributed by atoms with Crippen LogP contribution in [0.15, 0.2) is 60.8 Å². The van der Waals surface area contributed by atoms with Crippen molar-refractivity contribution in [2.24, 2.45) is 5.92 Å². The molecule has 2 heterocycles. The minimum Gasteiger partial charge on any atom is -0.493 e. The number of halogens is 5. The van der Waals surface area contributed by atoms with Crippen molar-refractivity contribution in [1.29, 1.82) is 0 Å². The number of piperidine rings is 1. The van der Waals surface area contributed by atoms with Gasteiger partial charge in [-0.1, -0.05) is 0 Å². The van der Waals surface area contributed by atoms with Crippen LogP contribution in [0, 0.1) is 17.6 Å². The molecule has 1 aromatic heterocycles. The van der Waals surface area contributed by atoms with Gasteiger partial charge in [0.15, 0.2) is 23.1 Å². The molecule has 0 bridgehead atoms. The molecule has 1 saturated heterocycles. The Kier molecular flexibility index (Phi) is 10.4. The number of benzene rings is 3. The number of nitrogens with one attached hydrogen (secondary N) is 3. The fourth-order valence-electron chi connectivity index (χ4n) is 5.07. The fraction of sp³-hybridized carbons (Fsp3) is 0.303. The molecule has 0 saturated carbocycles. The van der Waals surface area contributed by atoms with Crippen LogP contribution in [-0.4, -0.2) is 50.1 Å². The number of carbonyl (C=O) groups excluding carboxylic acids is 2. The summed E-state index contributed by atoms with van der Waals surface area (Å²) in [6.07, 6.45) is -1.36. The van der Waals surface area contributed by atoms with E-state index in [9.17, 15) is 27.2 Å². The molecule has 5 rings (SSSR count). The molecule has 1 fully saturated rings. The van der Waals surface area contributed by atoms with Gasteiger partial charge in [0.2, 0.25) is 0 Å². The number of rotatable bonds is 10. The molecule has 1 aliphatic rings. The summed E-state index contributed by atoms with van der Waals surface area (Å²) >= 11 is 0. The van der Waals surface area contributed by atoms with Gasteiger partial charge >= 0.3 is 18.0 Å². The second kappa shape index (κ2) is 14.6. The normalized spacial score (nSPS) is 13.7. The summed E-state index contributed by atoms with van der Waals surface area (Å²) in [5, 5.41) is 8.35. The molecular formula is C33H31F5N4O5. The third-order valence-corrected chi connectivity index (χ3v) is 7.52. The number of nitrogens with zero attached hydrogens (tertiary/aromatic N) is 1. The van der Waals surface area contributed by atoms with Crippen LogP contribution in [0.5, 0.6) is 23.0 Å². The topological polar surface area (TPSA) is 111 Å². The molecule has 14 heteroatoms. The molecule has 3 N–H and O–H groups in total. The summed E-state index contributed by atoms with van der Waals surface area (Å²) < 4.78 is 84.8. The van der Waals surface area contributed by atoms with Crippen LogP contribution in [0.25, 0.3) is 10.9 Å².